The first-order valence-electron chi connectivity index (χ1n) is 5.41. The quantitative estimate of drug-likeness (QED) is 0.568. The highest BCUT2D eigenvalue weighted by Gasteiger charge is 2.46. The first-order chi connectivity index (χ1) is 6.05. The molecule has 13 heavy (non-hydrogen) atoms. The van der Waals surface area contributed by atoms with Crippen LogP contribution >= 0.6 is 0 Å². The van der Waals surface area contributed by atoms with Crippen LogP contribution in [-0.4, -0.2) is 11.2 Å². The van der Waals surface area contributed by atoms with Crippen LogP contribution in [0.15, 0.2) is 11.6 Å². The van der Waals surface area contributed by atoms with Crippen LogP contribution in [-0.2, 0) is 0 Å². The van der Waals surface area contributed by atoms with E-state index in [9.17, 15) is 5.11 Å². The van der Waals surface area contributed by atoms with Crippen molar-refractivity contribution in [3.63, 3.8) is 0 Å². The molecule has 1 unspecified atom stereocenters. The van der Waals surface area contributed by atoms with Gasteiger partial charge in [0.25, 0.3) is 0 Å². The van der Waals surface area contributed by atoms with E-state index in [0.29, 0.717) is 11.8 Å². The Bertz CT molecular complexity index is 244. The Balaban J connectivity index is 2.35. The van der Waals surface area contributed by atoms with Gasteiger partial charge >= 0.3 is 0 Å². The van der Waals surface area contributed by atoms with Gasteiger partial charge in [0.2, 0.25) is 0 Å². The molecular weight excluding hydrogens is 160 g/mol. The molecule has 0 aromatic heterocycles. The van der Waals surface area contributed by atoms with Gasteiger partial charge in [-0.15, -0.1) is 0 Å². The molecule has 0 aromatic rings. The van der Waals surface area contributed by atoms with Gasteiger partial charge in [0, 0.05) is 5.41 Å². The lowest BCUT2D eigenvalue weighted by atomic mass is 9.58. The number of rotatable bonds is 0. The third-order valence-electron chi connectivity index (χ3n) is 4.51. The molecule has 2 rings (SSSR count). The van der Waals surface area contributed by atoms with E-state index in [1.54, 1.807) is 0 Å². The Labute approximate surface area is 80.8 Å². The zero-order valence-corrected chi connectivity index (χ0v) is 8.88. The second kappa shape index (κ2) is 2.84. The van der Waals surface area contributed by atoms with Gasteiger partial charge in [-0.05, 0) is 38.0 Å². The van der Waals surface area contributed by atoms with E-state index in [1.165, 1.54) is 12.0 Å². The lowest BCUT2D eigenvalue weighted by Crippen LogP contribution is -2.48. The molecule has 0 heterocycles. The van der Waals surface area contributed by atoms with Crippen LogP contribution in [0.2, 0.25) is 0 Å². The minimum atomic E-state index is -0.0961. The van der Waals surface area contributed by atoms with Crippen LogP contribution in [0.3, 0.4) is 0 Å². The second-order valence-corrected chi connectivity index (χ2v) is 5.16. The molecule has 74 valence electrons. The molecule has 2 bridgehead atoms. The molecule has 0 spiro atoms. The normalized spacial score (nSPS) is 50.2. The predicted molar refractivity (Wildman–Crippen MR) is 54.4 cm³/mol. The van der Waals surface area contributed by atoms with Gasteiger partial charge in [-0.25, -0.2) is 0 Å². The highest BCUT2D eigenvalue weighted by atomic mass is 16.3. The Morgan fingerprint density at radius 2 is 2.23 bits per heavy atom. The summed E-state index contributed by atoms with van der Waals surface area (Å²) in [6.45, 7) is 6.68. The number of aliphatic hydroxyl groups is 1. The van der Waals surface area contributed by atoms with E-state index in [-0.39, 0.29) is 11.5 Å². The minimum Gasteiger partial charge on any atom is -0.392 e. The number of hydrogen-bond donors (Lipinski definition) is 1. The van der Waals surface area contributed by atoms with Gasteiger partial charge in [0.05, 0.1) is 6.10 Å². The van der Waals surface area contributed by atoms with Gasteiger partial charge in [0.1, 0.15) is 0 Å². The summed E-state index contributed by atoms with van der Waals surface area (Å²) in [6.07, 6.45) is 5.77. The SMILES string of the molecule is CC1=CC[C@H]2C(O)[C@]1(C)CC[C@H]2C. The van der Waals surface area contributed by atoms with Crippen LogP contribution in [0, 0.1) is 17.3 Å². The average Bonchev–Trinajstić information content (AvgIpc) is 2.09. The van der Waals surface area contributed by atoms with Gasteiger partial charge in [-0.3, -0.25) is 0 Å². The Kier molecular flexibility index (Phi) is 2.03. The third kappa shape index (κ3) is 1.17. The van der Waals surface area contributed by atoms with E-state index in [1.807, 2.05) is 0 Å². The molecule has 0 aromatic carbocycles. The summed E-state index contributed by atoms with van der Waals surface area (Å²) in [4.78, 5) is 0. The first-order valence-corrected chi connectivity index (χ1v) is 5.41. The van der Waals surface area contributed by atoms with Gasteiger partial charge in [0.15, 0.2) is 0 Å². The van der Waals surface area contributed by atoms with Crippen LogP contribution in [0.4, 0.5) is 0 Å². The number of aliphatic hydroxyl groups excluding tert-OH is 1. The molecule has 1 fully saturated rings. The molecule has 4 atom stereocenters. The zero-order valence-electron chi connectivity index (χ0n) is 8.88. The van der Waals surface area contributed by atoms with E-state index >= 15 is 0 Å². The molecule has 0 radical (unpaired) electrons. The maximum atomic E-state index is 10.2. The summed E-state index contributed by atoms with van der Waals surface area (Å²) in [5, 5.41) is 10.2. The molecule has 1 heteroatoms. The molecule has 0 saturated heterocycles. The maximum absolute atomic E-state index is 10.2. The van der Waals surface area contributed by atoms with Crippen molar-refractivity contribution >= 4 is 0 Å². The van der Waals surface area contributed by atoms with Crippen molar-refractivity contribution in [3.8, 4) is 0 Å². The summed E-state index contributed by atoms with van der Waals surface area (Å²) < 4.78 is 0. The van der Waals surface area contributed by atoms with E-state index < -0.39 is 0 Å². The molecule has 2 aliphatic rings. The molecule has 2 aliphatic carbocycles. The van der Waals surface area contributed by atoms with Crippen LogP contribution < -0.4 is 0 Å². The minimum absolute atomic E-state index is 0.0927. The largest absolute Gasteiger partial charge is 0.392 e. The standard InChI is InChI=1S/C12H20O/c1-8-6-7-12(3)9(2)4-5-10(8)11(12)13/h4,8,10-11,13H,5-7H2,1-3H3/t8-,10-,11?,12-/m1/s1. The highest BCUT2D eigenvalue weighted by Crippen LogP contribution is 2.51. The van der Waals surface area contributed by atoms with Crippen molar-refractivity contribution in [1.29, 1.82) is 0 Å². The van der Waals surface area contributed by atoms with Crippen molar-refractivity contribution in [2.75, 3.05) is 0 Å². The average molecular weight is 180 g/mol. The number of fused-ring (bicyclic) bond motifs is 2. The topological polar surface area (TPSA) is 20.2 Å². The van der Waals surface area contributed by atoms with Crippen molar-refractivity contribution in [2.24, 2.45) is 17.3 Å². The lowest BCUT2D eigenvalue weighted by Gasteiger charge is -2.50. The molecule has 0 amide bonds. The monoisotopic (exact) mass is 180 g/mol. The van der Waals surface area contributed by atoms with E-state index in [4.69, 9.17) is 0 Å². The maximum Gasteiger partial charge on any atom is 0.0664 e. The second-order valence-electron chi connectivity index (χ2n) is 5.16. The van der Waals surface area contributed by atoms with E-state index in [0.717, 1.165) is 12.8 Å². The summed E-state index contributed by atoms with van der Waals surface area (Å²) in [6, 6.07) is 0. The molecule has 1 nitrogen and oxygen atoms in total. The van der Waals surface area contributed by atoms with Crippen LogP contribution in [0.1, 0.15) is 40.0 Å². The smallest absolute Gasteiger partial charge is 0.0664 e. The molecular formula is C12H20O. The molecule has 0 aliphatic heterocycles. The summed E-state index contributed by atoms with van der Waals surface area (Å²) in [5.74, 6) is 1.22. The summed E-state index contributed by atoms with van der Waals surface area (Å²) in [5.41, 5.74) is 1.50. The number of allylic oxidation sites excluding steroid dienone is 1. The summed E-state index contributed by atoms with van der Waals surface area (Å²) in [7, 11) is 0. The van der Waals surface area contributed by atoms with Gasteiger partial charge < -0.3 is 5.11 Å². The van der Waals surface area contributed by atoms with Crippen LogP contribution in [0.5, 0.6) is 0 Å². The van der Waals surface area contributed by atoms with Crippen molar-refractivity contribution in [3.05, 3.63) is 11.6 Å². The summed E-state index contributed by atoms with van der Waals surface area (Å²) >= 11 is 0. The van der Waals surface area contributed by atoms with Crippen molar-refractivity contribution < 1.29 is 5.11 Å². The zero-order chi connectivity index (χ0) is 9.64. The Morgan fingerprint density at radius 3 is 2.92 bits per heavy atom. The Morgan fingerprint density at radius 1 is 1.54 bits per heavy atom. The third-order valence-corrected chi connectivity index (χ3v) is 4.51. The molecule has 1 N–H and O–H groups in total. The van der Waals surface area contributed by atoms with Crippen molar-refractivity contribution in [1.82, 2.24) is 0 Å². The van der Waals surface area contributed by atoms with Gasteiger partial charge in [-0.2, -0.15) is 0 Å². The van der Waals surface area contributed by atoms with E-state index in [2.05, 4.69) is 26.8 Å². The Hall–Kier alpha value is -0.300. The fourth-order valence-electron chi connectivity index (χ4n) is 3.01. The van der Waals surface area contributed by atoms with Crippen LogP contribution in [0.25, 0.3) is 0 Å². The lowest BCUT2D eigenvalue weighted by molar-refractivity contribution is -0.0528. The first kappa shape index (κ1) is 9.26. The predicted octanol–water partition coefficient (Wildman–Crippen LogP) is 2.75. The molecule has 1 saturated carbocycles. The number of hydrogen-bond acceptors (Lipinski definition) is 1. The van der Waals surface area contributed by atoms with Crippen molar-refractivity contribution in [2.45, 2.75) is 46.1 Å². The fourth-order valence-corrected chi connectivity index (χ4v) is 3.01. The van der Waals surface area contributed by atoms with Gasteiger partial charge in [-0.1, -0.05) is 25.5 Å². The highest BCUT2D eigenvalue weighted by molar-refractivity contribution is 5.20. The fraction of sp³-hybridized carbons (Fsp3) is 0.833.